The van der Waals surface area contributed by atoms with Crippen LogP contribution in [0.5, 0.6) is 0 Å². The Kier molecular flexibility index (Phi) is 2.96. The summed E-state index contributed by atoms with van der Waals surface area (Å²) in [6.45, 7) is 2.15. The lowest BCUT2D eigenvalue weighted by molar-refractivity contribution is 0.828. The lowest BCUT2D eigenvalue weighted by Crippen LogP contribution is -1.92. The Bertz CT molecular complexity index is 544. The van der Waals surface area contributed by atoms with Crippen LogP contribution in [0.2, 0.25) is 0 Å². The molecule has 0 atom stereocenters. The van der Waals surface area contributed by atoms with Crippen molar-refractivity contribution < 1.29 is 0 Å². The topological polar surface area (TPSA) is 28.7 Å². The maximum absolute atomic E-state index is 8.58. The molecule has 0 spiro atoms. The molecule has 1 aromatic heterocycles. The summed E-state index contributed by atoms with van der Waals surface area (Å²) < 4.78 is 2.23. The first kappa shape index (κ1) is 10.8. The molecule has 0 fully saturated rings. The number of unbranched alkanes of at least 4 members (excludes halogenated alkanes) is 1. The molecule has 0 saturated heterocycles. The van der Waals surface area contributed by atoms with Gasteiger partial charge in [-0.15, -0.1) is 0 Å². The van der Waals surface area contributed by atoms with Crippen molar-refractivity contribution in [3.05, 3.63) is 35.5 Å². The standard InChI is InChI=1S/C14H16N2/c1-11-12(7-5-6-10-15)13-8-3-4-9-14(13)16(11)2/h3-4,8-9H,5-7H2,1-2H3. The van der Waals surface area contributed by atoms with E-state index < -0.39 is 0 Å². The Balaban J connectivity index is 2.44. The normalized spacial score (nSPS) is 10.6. The van der Waals surface area contributed by atoms with Gasteiger partial charge in [-0.3, -0.25) is 0 Å². The van der Waals surface area contributed by atoms with E-state index in [0.717, 1.165) is 12.8 Å². The molecular weight excluding hydrogens is 196 g/mol. The Morgan fingerprint density at radius 1 is 1.31 bits per heavy atom. The molecule has 0 unspecified atom stereocenters. The third-order valence-corrected chi connectivity index (χ3v) is 3.25. The van der Waals surface area contributed by atoms with Crippen molar-refractivity contribution in [1.82, 2.24) is 4.57 Å². The van der Waals surface area contributed by atoms with Gasteiger partial charge in [-0.25, -0.2) is 0 Å². The predicted molar refractivity (Wildman–Crippen MR) is 66.2 cm³/mol. The predicted octanol–water partition coefficient (Wildman–Crippen LogP) is 3.33. The summed E-state index contributed by atoms with van der Waals surface area (Å²) >= 11 is 0. The number of rotatable bonds is 3. The summed E-state index contributed by atoms with van der Waals surface area (Å²) in [5, 5.41) is 9.91. The number of aromatic nitrogens is 1. The third kappa shape index (κ3) is 1.69. The molecule has 2 rings (SSSR count). The van der Waals surface area contributed by atoms with E-state index in [0.29, 0.717) is 6.42 Å². The van der Waals surface area contributed by atoms with Crippen molar-refractivity contribution in [2.45, 2.75) is 26.2 Å². The van der Waals surface area contributed by atoms with Gasteiger partial charge < -0.3 is 4.57 Å². The monoisotopic (exact) mass is 212 g/mol. The molecule has 0 bridgehead atoms. The highest BCUT2D eigenvalue weighted by Gasteiger charge is 2.10. The molecule has 1 heterocycles. The van der Waals surface area contributed by atoms with Gasteiger partial charge in [0, 0.05) is 30.1 Å². The second-order valence-electron chi connectivity index (χ2n) is 4.15. The van der Waals surface area contributed by atoms with Crippen LogP contribution in [-0.2, 0) is 13.5 Å². The van der Waals surface area contributed by atoms with Gasteiger partial charge in [0.25, 0.3) is 0 Å². The minimum absolute atomic E-state index is 0.642. The first-order chi connectivity index (χ1) is 7.75. The van der Waals surface area contributed by atoms with E-state index in [4.69, 9.17) is 5.26 Å². The van der Waals surface area contributed by atoms with E-state index in [1.807, 2.05) is 0 Å². The second kappa shape index (κ2) is 4.40. The van der Waals surface area contributed by atoms with E-state index in [-0.39, 0.29) is 0 Å². The zero-order valence-corrected chi connectivity index (χ0v) is 9.83. The lowest BCUT2D eigenvalue weighted by Gasteiger charge is -2.00. The van der Waals surface area contributed by atoms with Gasteiger partial charge in [0.1, 0.15) is 0 Å². The molecule has 2 heteroatoms. The van der Waals surface area contributed by atoms with Crippen molar-refractivity contribution in [1.29, 1.82) is 5.26 Å². The fraction of sp³-hybridized carbons (Fsp3) is 0.357. The number of aryl methyl sites for hydroxylation is 2. The fourth-order valence-electron chi connectivity index (χ4n) is 2.26. The van der Waals surface area contributed by atoms with Crippen molar-refractivity contribution in [3.8, 4) is 6.07 Å². The van der Waals surface area contributed by atoms with Crippen LogP contribution in [0.4, 0.5) is 0 Å². The van der Waals surface area contributed by atoms with Gasteiger partial charge in [-0.2, -0.15) is 5.26 Å². The number of hydrogen-bond donors (Lipinski definition) is 0. The van der Waals surface area contributed by atoms with Crippen molar-refractivity contribution >= 4 is 10.9 Å². The second-order valence-corrected chi connectivity index (χ2v) is 4.15. The SMILES string of the molecule is Cc1c(CCCC#N)c2ccccc2n1C. The van der Waals surface area contributed by atoms with Gasteiger partial charge in [0.05, 0.1) is 6.07 Å². The number of nitrogens with zero attached hydrogens (tertiary/aromatic N) is 2. The van der Waals surface area contributed by atoms with Gasteiger partial charge >= 0.3 is 0 Å². The molecule has 2 aromatic rings. The van der Waals surface area contributed by atoms with Gasteiger partial charge in [-0.1, -0.05) is 18.2 Å². The average Bonchev–Trinajstić information content (AvgIpc) is 2.55. The molecule has 0 aliphatic rings. The third-order valence-electron chi connectivity index (χ3n) is 3.25. The van der Waals surface area contributed by atoms with Crippen molar-refractivity contribution in [2.24, 2.45) is 7.05 Å². The van der Waals surface area contributed by atoms with E-state index >= 15 is 0 Å². The summed E-state index contributed by atoms with van der Waals surface area (Å²) in [5.41, 5.74) is 4.00. The molecule has 16 heavy (non-hydrogen) atoms. The number of benzene rings is 1. The molecule has 0 aliphatic carbocycles. The first-order valence-corrected chi connectivity index (χ1v) is 5.65. The van der Waals surface area contributed by atoms with E-state index in [2.05, 4.69) is 48.9 Å². The molecule has 0 N–H and O–H groups in total. The highest BCUT2D eigenvalue weighted by Crippen LogP contribution is 2.25. The smallest absolute Gasteiger partial charge is 0.0621 e. The summed E-state index contributed by atoms with van der Waals surface area (Å²) in [6.07, 6.45) is 2.59. The quantitative estimate of drug-likeness (QED) is 0.717. The van der Waals surface area contributed by atoms with E-state index in [1.54, 1.807) is 0 Å². The number of fused-ring (bicyclic) bond motifs is 1. The van der Waals surface area contributed by atoms with Gasteiger partial charge in [-0.05, 0) is 31.4 Å². The Morgan fingerprint density at radius 2 is 2.06 bits per heavy atom. The van der Waals surface area contributed by atoms with Crippen molar-refractivity contribution in [3.63, 3.8) is 0 Å². The van der Waals surface area contributed by atoms with Gasteiger partial charge in [0.2, 0.25) is 0 Å². The number of nitriles is 1. The minimum atomic E-state index is 0.642. The molecule has 1 aromatic carbocycles. The summed E-state index contributed by atoms with van der Waals surface area (Å²) in [4.78, 5) is 0. The van der Waals surface area contributed by atoms with Crippen LogP contribution in [0, 0.1) is 18.3 Å². The van der Waals surface area contributed by atoms with E-state index in [1.165, 1.54) is 22.2 Å². The van der Waals surface area contributed by atoms with Crippen LogP contribution < -0.4 is 0 Å². The summed E-state index contributed by atoms with van der Waals surface area (Å²) in [6, 6.07) is 10.7. The van der Waals surface area contributed by atoms with Crippen LogP contribution in [0.15, 0.2) is 24.3 Å². The lowest BCUT2D eigenvalue weighted by atomic mass is 10.1. The maximum Gasteiger partial charge on any atom is 0.0621 e. The molecule has 0 amide bonds. The fourth-order valence-corrected chi connectivity index (χ4v) is 2.26. The van der Waals surface area contributed by atoms with Crippen LogP contribution in [0.1, 0.15) is 24.1 Å². The largest absolute Gasteiger partial charge is 0.348 e. The Morgan fingerprint density at radius 3 is 2.81 bits per heavy atom. The summed E-state index contributed by atoms with van der Waals surface area (Å²) in [7, 11) is 2.10. The maximum atomic E-state index is 8.58. The van der Waals surface area contributed by atoms with Crippen LogP contribution in [-0.4, -0.2) is 4.57 Å². The highest BCUT2D eigenvalue weighted by molar-refractivity contribution is 5.85. The molecule has 2 nitrogen and oxygen atoms in total. The zero-order chi connectivity index (χ0) is 11.5. The molecular formula is C14H16N2. The highest BCUT2D eigenvalue weighted by atomic mass is 14.9. The van der Waals surface area contributed by atoms with Crippen LogP contribution >= 0.6 is 0 Å². The molecule has 82 valence electrons. The Hall–Kier alpha value is -1.75. The van der Waals surface area contributed by atoms with Crippen LogP contribution in [0.3, 0.4) is 0 Å². The molecule has 0 saturated carbocycles. The summed E-state index contributed by atoms with van der Waals surface area (Å²) in [5.74, 6) is 0. The van der Waals surface area contributed by atoms with E-state index in [9.17, 15) is 0 Å². The number of hydrogen-bond acceptors (Lipinski definition) is 1. The number of para-hydroxylation sites is 1. The van der Waals surface area contributed by atoms with Gasteiger partial charge in [0.15, 0.2) is 0 Å². The molecule has 0 radical (unpaired) electrons. The minimum Gasteiger partial charge on any atom is -0.348 e. The van der Waals surface area contributed by atoms with Crippen LogP contribution in [0.25, 0.3) is 10.9 Å². The Labute approximate surface area is 96.1 Å². The molecule has 0 aliphatic heterocycles. The first-order valence-electron chi connectivity index (χ1n) is 5.65. The van der Waals surface area contributed by atoms with Crippen molar-refractivity contribution in [2.75, 3.05) is 0 Å². The zero-order valence-electron chi connectivity index (χ0n) is 9.83. The average molecular weight is 212 g/mol.